The number of thiophene rings is 2. The highest BCUT2D eigenvalue weighted by atomic mass is 32.1. The maximum absolute atomic E-state index is 5.26. The Morgan fingerprint density at radius 1 is 0.474 bits per heavy atom. The van der Waals surface area contributed by atoms with E-state index in [1.807, 2.05) is 28.7 Å². The Balaban J connectivity index is 0.995. The van der Waals surface area contributed by atoms with Gasteiger partial charge in [0.05, 0.1) is 21.4 Å². The van der Waals surface area contributed by atoms with Crippen molar-refractivity contribution in [3.63, 3.8) is 0 Å². The molecule has 8 aromatic carbocycles. The van der Waals surface area contributed by atoms with Crippen molar-refractivity contribution in [2.24, 2.45) is 4.99 Å². The molecule has 0 fully saturated rings. The average Bonchev–Trinajstić information content (AvgIpc) is 3.96. The van der Waals surface area contributed by atoms with E-state index in [0.717, 1.165) is 17.0 Å². The molecule has 4 nitrogen and oxygen atoms in total. The molecule has 270 valence electrons. The molecular weight excluding hydrogens is 733 g/mol. The molecule has 0 bridgehead atoms. The number of amidine groups is 1. The summed E-state index contributed by atoms with van der Waals surface area (Å²) < 4.78 is 7.62. The molecule has 0 radical (unpaired) electrons. The molecule has 1 aliphatic rings. The Morgan fingerprint density at radius 2 is 1.16 bits per heavy atom. The summed E-state index contributed by atoms with van der Waals surface area (Å²) in [6.07, 6.45) is -0.313. The highest BCUT2D eigenvalue weighted by molar-refractivity contribution is 7.26. The third kappa shape index (κ3) is 5.26. The first-order valence-corrected chi connectivity index (χ1v) is 21.0. The molecule has 6 heteroatoms. The maximum atomic E-state index is 5.26. The Labute approximate surface area is 337 Å². The van der Waals surface area contributed by atoms with Crippen LogP contribution in [0.5, 0.6) is 0 Å². The van der Waals surface area contributed by atoms with Crippen LogP contribution in [0.15, 0.2) is 187 Å². The Kier molecular flexibility index (Phi) is 7.45. The van der Waals surface area contributed by atoms with E-state index in [0.29, 0.717) is 0 Å². The third-order valence-electron chi connectivity index (χ3n) is 11.5. The first-order valence-electron chi connectivity index (χ1n) is 19.4. The summed E-state index contributed by atoms with van der Waals surface area (Å²) in [7, 11) is 0. The second-order valence-electron chi connectivity index (χ2n) is 14.8. The maximum Gasteiger partial charge on any atom is 0.131 e. The lowest BCUT2D eigenvalue weighted by Crippen LogP contribution is -2.44. The van der Waals surface area contributed by atoms with Crippen LogP contribution in [0.1, 0.15) is 29.0 Å². The van der Waals surface area contributed by atoms with E-state index >= 15 is 0 Å². The van der Waals surface area contributed by atoms with E-state index in [2.05, 4.69) is 191 Å². The first-order chi connectivity index (χ1) is 28.2. The number of para-hydroxylation sites is 2. The van der Waals surface area contributed by atoms with Gasteiger partial charge in [0.15, 0.2) is 0 Å². The number of nitrogens with one attached hydrogen (secondary N) is 2. The minimum Gasteiger partial charge on any atom is -0.350 e. The fourth-order valence-corrected chi connectivity index (χ4v) is 11.2. The van der Waals surface area contributed by atoms with Crippen LogP contribution in [-0.4, -0.2) is 10.4 Å². The van der Waals surface area contributed by atoms with Gasteiger partial charge >= 0.3 is 0 Å². The van der Waals surface area contributed by atoms with Gasteiger partial charge in [-0.05, 0) is 70.8 Å². The van der Waals surface area contributed by atoms with Crippen molar-refractivity contribution in [3.05, 3.63) is 199 Å². The van der Waals surface area contributed by atoms with Crippen LogP contribution in [0.2, 0.25) is 0 Å². The molecule has 4 heterocycles. The molecule has 0 aliphatic carbocycles. The zero-order valence-corrected chi connectivity index (χ0v) is 32.3. The lowest BCUT2D eigenvalue weighted by molar-refractivity contribution is 0.409. The summed E-state index contributed by atoms with van der Waals surface area (Å²) in [5.41, 5.74) is 9.57. The fraction of sp³-hybridized carbons (Fsp3) is 0.0392. The number of fused-ring (bicyclic) bond motifs is 9. The molecule has 0 spiro atoms. The van der Waals surface area contributed by atoms with Crippen LogP contribution in [-0.2, 0) is 0 Å². The summed E-state index contributed by atoms with van der Waals surface area (Å²) in [5, 5.41) is 15.2. The molecule has 12 rings (SSSR count). The molecule has 2 N–H and O–H groups in total. The first kappa shape index (κ1) is 32.7. The normalized spacial score (nSPS) is 15.9. The van der Waals surface area contributed by atoms with Crippen LogP contribution < -0.4 is 10.6 Å². The minimum absolute atomic E-state index is 0.0861. The molecule has 11 aromatic rings. The van der Waals surface area contributed by atoms with E-state index in [1.54, 1.807) is 0 Å². The van der Waals surface area contributed by atoms with E-state index in [4.69, 9.17) is 4.99 Å². The van der Waals surface area contributed by atoms with Gasteiger partial charge < -0.3 is 9.88 Å². The molecule has 2 unspecified atom stereocenters. The predicted octanol–water partition coefficient (Wildman–Crippen LogP) is 13.5. The lowest BCUT2D eigenvalue weighted by atomic mass is 9.97. The van der Waals surface area contributed by atoms with Crippen molar-refractivity contribution in [3.8, 4) is 16.8 Å². The number of hydrogen-bond donors (Lipinski definition) is 2. The summed E-state index contributed by atoms with van der Waals surface area (Å²) in [4.78, 5) is 5.26. The zero-order valence-electron chi connectivity index (χ0n) is 30.7. The van der Waals surface area contributed by atoms with Gasteiger partial charge in [0.2, 0.25) is 0 Å². The van der Waals surface area contributed by atoms with Crippen LogP contribution in [0.3, 0.4) is 0 Å². The van der Waals surface area contributed by atoms with Gasteiger partial charge in [-0.25, -0.2) is 4.99 Å². The summed E-state index contributed by atoms with van der Waals surface area (Å²) in [6, 6.07) is 66.0. The quantitative estimate of drug-likeness (QED) is 0.183. The number of nitrogens with zero attached hydrogens (tertiary/aromatic N) is 2. The number of benzene rings is 8. The van der Waals surface area contributed by atoms with Crippen molar-refractivity contribution in [1.82, 2.24) is 15.2 Å². The highest BCUT2D eigenvalue weighted by Gasteiger charge is 2.26. The standard InChI is InChI=1S/C51H34N4S2/c1-3-13-31(14-4-1)49-52-50(32-15-5-2-6-16-32)54-51(53-49)34-26-28-45-40(30-34)47-35(19-12-24-46(47)56-45)33-25-27-44-39(29-33)38-20-11-23-43(48(38)57-44)55-41-21-9-7-17-36(41)37-18-8-10-22-42(37)55/h1-30,49,51,53H,(H,52,54). The molecule has 3 aromatic heterocycles. The van der Waals surface area contributed by atoms with Crippen LogP contribution >= 0.6 is 22.7 Å². The second kappa shape index (κ2) is 13.0. The van der Waals surface area contributed by atoms with Crippen molar-refractivity contribution in [2.45, 2.75) is 12.3 Å². The Bertz CT molecular complexity index is 3320. The van der Waals surface area contributed by atoms with Crippen LogP contribution in [0, 0.1) is 0 Å². The van der Waals surface area contributed by atoms with Gasteiger partial charge in [-0.15, -0.1) is 22.7 Å². The van der Waals surface area contributed by atoms with Crippen molar-refractivity contribution >= 4 is 90.7 Å². The summed E-state index contributed by atoms with van der Waals surface area (Å²) in [6.45, 7) is 0. The van der Waals surface area contributed by atoms with Gasteiger partial charge in [0.1, 0.15) is 18.2 Å². The van der Waals surface area contributed by atoms with Gasteiger partial charge in [0, 0.05) is 52.0 Å². The Hall–Kier alpha value is -6.57. The average molecular weight is 767 g/mol. The van der Waals surface area contributed by atoms with Gasteiger partial charge in [-0.1, -0.05) is 133 Å². The highest BCUT2D eigenvalue weighted by Crippen LogP contribution is 2.45. The topological polar surface area (TPSA) is 41.4 Å². The SMILES string of the molecule is c1ccc(C2=NC(c3ccc4sc5cccc(-c6ccc7sc8c(-n9c%10ccccc%10c%10ccccc%109)cccc8c7c6)c5c4c3)NC(c3ccccc3)N2)cc1. The van der Waals surface area contributed by atoms with Crippen molar-refractivity contribution in [1.29, 1.82) is 0 Å². The summed E-state index contributed by atoms with van der Waals surface area (Å²) >= 11 is 3.75. The predicted molar refractivity (Wildman–Crippen MR) is 243 cm³/mol. The second-order valence-corrected chi connectivity index (χ2v) is 16.9. The molecule has 57 heavy (non-hydrogen) atoms. The number of aliphatic imine (C=N–C) groups is 1. The van der Waals surface area contributed by atoms with E-state index in [9.17, 15) is 0 Å². The number of hydrogen-bond acceptors (Lipinski definition) is 5. The zero-order chi connectivity index (χ0) is 37.5. The van der Waals surface area contributed by atoms with Crippen molar-refractivity contribution in [2.75, 3.05) is 0 Å². The van der Waals surface area contributed by atoms with Crippen LogP contribution in [0.4, 0.5) is 0 Å². The van der Waals surface area contributed by atoms with E-state index < -0.39 is 0 Å². The largest absolute Gasteiger partial charge is 0.350 e. The molecule has 2 atom stereocenters. The van der Waals surface area contributed by atoms with Gasteiger partial charge in [-0.2, -0.15) is 0 Å². The van der Waals surface area contributed by atoms with E-state index in [1.165, 1.54) is 84.5 Å². The van der Waals surface area contributed by atoms with E-state index in [-0.39, 0.29) is 12.3 Å². The lowest BCUT2D eigenvalue weighted by Gasteiger charge is -2.32. The fourth-order valence-electron chi connectivity index (χ4n) is 8.85. The summed E-state index contributed by atoms with van der Waals surface area (Å²) in [5.74, 6) is 0.891. The van der Waals surface area contributed by atoms with Gasteiger partial charge in [0.25, 0.3) is 0 Å². The van der Waals surface area contributed by atoms with Crippen molar-refractivity contribution < 1.29 is 0 Å². The monoisotopic (exact) mass is 766 g/mol. The number of rotatable bonds is 5. The molecular formula is C51H34N4S2. The molecule has 0 amide bonds. The minimum atomic E-state index is -0.226. The number of aromatic nitrogens is 1. The Morgan fingerprint density at radius 3 is 1.96 bits per heavy atom. The molecule has 1 aliphatic heterocycles. The smallest absolute Gasteiger partial charge is 0.131 e. The van der Waals surface area contributed by atoms with Gasteiger partial charge in [-0.3, -0.25) is 5.32 Å². The van der Waals surface area contributed by atoms with Crippen LogP contribution in [0.25, 0.3) is 79.0 Å². The third-order valence-corrected chi connectivity index (χ3v) is 13.8. The molecule has 0 saturated heterocycles. The molecule has 0 saturated carbocycles.